The van der Waals surface area contributed by atoms with E-state index in [1.54, 1.807) is 15.9 Å². The minimum absolute atomic E-state index is 0.0170. The maximum Gasteiger partial charge on any atom is 0.410 e. The molecular formula is C92H132N14O18. The predicted octanol–water partition coefficient (Wildman–Crippen LogP) is 11.1. The molecule has 4 aromatic carbocycles. The molecule has 2 spiro atoms. The number of likely N-dealkylation sites (tertiary alicyclic amines) is 4. The first-order valence-electron chi connectivity index (χ1n) is 44.2. The zero-order valence-electron chi connectivity index (χ0n) is 74.5. The predicted molar refractivity (Wildman–Crippen MR) is 474 cm³/mol. The number of Topliss-reactive ketones (excluding diaryl/α,β-unsaturated/α-hetero) is 1. The van der Waals surface area contributed by atoms with Crippen LogP contribution in [0.15, 0.2) is 84.9 Å². The number of anilines is 2. The van der Waals surface area contributed by atoms with Crippen LogP contribution in [0.25, 0.3) is 11.1 Å². The van der Waals surface area contributed by atoms with Gasteiger partial charge in [0.25, 0.3) is 29.1 Å². The summed E-state index contributed by atoms with van der Waals surface area (Å²) in [5.41, 5.74) is 14.8. The number of nitrogens with one attached hydrogen (secondary N) is 2. The molecule has 12 aliphatic rings. The first-order chi connectivity index (χ1) is 59.1. The van der Waals surface area contributed by atoms with E-state index in [-0.39, 0.29) is 57.7 Å². The van der Waals surface area contributed by atoms with E-state index in [2.05, 4.69) is 62.5 Å². The van der Waals surface area contributed by atoms with Gasteiger partial charge in [-0.05, 0) is 259 Å². The summed E-state index contributed by atoms with van der Waals surface area (Å²) in [6.45, 7) is 32.9. The van der Waals surface area contributed by atoms with Crippen molar-refractivity contribution in [1.29, 1.82) is 0 Å². The van der Waals surface area contributed by atoms with E-state index in [0.29, 0.717) is 145 Å². The van der Waals surface area contributed by atoms with Crippen molar-refractivity contribution in [3.05, 3.63) is 150 Å². The molecule has 5 N–H and O–H groups in total. The van der Waals surface area contributed by atoms with E-state index < -0.39 is 27.0 Å². The number of non-ortho nitro benzene ring substituents is 2. The lowest BCUT2D eigenvalue weighted by Crippen LogP contribution is -2.47. The molecule has 678 valence electrons. The fourth-order valence-electron chi connectivity index (χ4n) is 18.1. The molecule has 0 bridgehead atoms. The van der Waals surface area contributed by atoms with E-state index >= 15 is 0 Å². The van der Waals surface area contributed by atoms with Crippen LogP contribution in [-0.4, -0.2) is 330 Å². The van der Waals surface area contributed by atoms with Crippen molar-refractivity contribution in [2.45, 2.75) is 148 Å². The number of ether oxygens (including phenoxy) is 6. The zero-order valence-corrected chi connectivity index (χ0v) is 74.5. The Hall–Kier alpha value is -9.51. The van der Waals surface area contributed by atoms with Gasteiger partial charge in [-0.1, -0.05) is 12.2 Å². The number of nitrogens with zero attached hydrogens (tertiary/aromatic N) is 11. The minimum Gasteiger partial charge on any atom is -0.478 e. The number of ketones is 1. The van der Waals surface area contributed by atoms with Gasteiger partial charge in [0.2, 0.25) is 0 Å². The van der Waals surface area contributed by atoms with Crippen LogP contribution in [0.4, 0.5) is 32.3 Å². The SMILES string of the molecule is C1COCCN1.CC(C)(C)OC(=O)N1CCC2(CC(=O)C2)C1.CN1CC=C(c2cc([N+](=O)[O-])ccc2C(=O)N2CCOCC2)CC1.CN1CC=C(c2cc([N+](=O)[O-])ccc2C(=O)O)CC1.CN1CCC(c2cc(N)ccc2C(=O)N2CCOCC2)CC1.CN1CCC(c2cc(NC3CC4(CCN(C(=O)OC(C)(C)C)C4)C3)ccc2C(=O)N2CCOCC2)CC1. The van der Waals surface area contributed by atoms with Gasteiger partial charge in [-0.3, -0.25) is 39.4 Å². The average molecular weight is 1720 g/mol. The number of aromatic carboxylic acids is 1. The number of carboxylic acid groups (broad SMARTS) is 1. The zero-order chi connectivity index (χ0) is 89.0. The topological polar surface area (TPSA) is 361 Å². The average Bonchev–Trinajstić information content (AvgIpc) is 1.58. The summed E-state index contributed by atoms with van der Waals surface area (Å²) in [5.74, 6) is 0.276. The van der Waals surface area contributed by atoms with Crippen molar-refractivity contribution in [2.24, 2.45) is 10.8 Å². The van der Waals surface area contributed by atoms with Crippen LogP contribution >= 0.6 is 0 Å². The molecule has 2 aliphatic carbocycles. The number of carbonyl (C=O) groups is 7. The van der Waals surface area contributed by atoms with Crippen LogP contribution in [0.2, 0.25) is 0 Å². The third-order valence-corrected chi connectivity index (χ3v) is 25.1. The summed E-state index contributed by atoms with van der Waals surface area (Å²) in [6.07, 6.45) is 14.7. The summed E-state index contributed by atoms with van der Waals surface area (Å²) >= 11 is 0. The Morgan fingerprint density at radius 2 is 0.887 bits per heavy atom. The highest BCUT2D eigenvalue weighted by Gasteiger charge is 2.51. The van der Waals surface area contributed by atoms with Gasteiger partial charge < -0.3 is 94.0 Å². The molecule has 4 aromatic rings. The number of nitrogens with two attached hydrogens (primary N) is 1. The maximum atomic E-state index is 13.5. The molecule has 10 fully saturated rings. The Bertz CT molecular complexity index is 4420. The second kappa shape index (κ2) is 43.6. The summed E-state index contributed by atoms with van der Waals surface area (Å²) in [6, 6.07) is 20.9. The summed E-state index contributed by atoms with van der Waals surface area (Å²) in [4.78, 5) is 125. The van der Waals surface area contributed by atoms with Crippen LogP contribution in [-0.2, 0) is 33.2 Å². The summed E-state index contributed by atoms with van der Waals surface area (Å²) < 4.78 is 32.0. The normalized spacial score (nSPS) is 22.2. The van der Waals surface area contributed by atoms with Gasteiger partial charge in [0.05, 0.1) is 68.3 Å². The Kier molecular flexibility index (Phi) is 33.5. The first kappa shape index (κ1) is 95.2. The second-order valence-electron chi connectivity index (χ2n) is 37.1. The molecule has 16 rings (SSSR count). The highest BCUT2D eigenvalue weighted by Crippen LogP contribution is 2.50. The molecule has 8 saturated heterocycles. The van der Waals surface area contributed by atoms with Crippen LogP contribution in [0, 0.1) is 31.1 Å². The van der Waals surface area contributed by atoms with E-state index in [1.807, 2.05) is 101 Å². The number of amides is 5. The first-order valence-corrected chi connectivity index (χ1v) is 44.2. The fourth-order valence-corrected chi connectivity index (χ4v) is 18.1. The molecule has 0 atom stereocenters. The molecule has 32 heteroatoms. The smallest absolute Gasteiger partial charge is 0.410 e. The van der Waals surface area contributed by atoms with E-state index in [4.69, 9.17) is 34.2 Å². The number of nitro groups is 2. The fraction of sp³-hybridized carbons (Fsp3) is 0.620. The van der Waals surface area contributed by atoms with Crippen LogP contribution in [0.5, 0.6) is 0 Å². The Balaban J connectivity index is 0.000000152. The lowest BCUT2D eigenvalue weighted by Gasteiger charge is -2.46. The number of benzene rings is 4. The monoisotopic (exact) mass is 1720 g/mol. The van der Waals surface area contributed by atoms with Gasteiger partial charge in [-0.15, -0.1) is 0 Å². The second-order valence-corrected chi connectivity index (χ2v) is 37.1. The van der Waals surface area contributed by atoms with Crippen LogP contribution in [0.1, 0.15) is 194 Å². The van der Waals surface area contributed by atoms with E-state index in [9.17, 15) is 58.9 Å². The highest BCUT2D eigenvalue weighted by atomic mass is 16.6. The molecule has 32 nitrogen and oxygen atoms in total. The van der Waals surface area contributed by atoms with Gasteiger partial charge in [0.15, 0.2) is 0 Å². The quantitative estimate of drug-likeness (QED) is 0.0581. The molecular weight excluding hydrogens is 1590 g/mol. The number of carboxylic acids is 1. The standard InChI is InChI=1S/C29H44N4O4.C17H21N3O4.C17H25N3O2.C13H14N2O4.C12H19NO3.C4H9NO/c1-28(2,3)37-27(35)33-12-9-29(20-33)18-23(19-29)30-22-5-6-24(26(34)32-13-15-36-16-14-32)25(17-22)21-7-10-31(4)11-8-21;1-18-6-4-13(5-7-18)16-12-14(20(22)23)2-3-15(16)17(21)19-8-10-24-11-9-19;1-19-6-4-13(5-7-19)16-12-14(18)2-3-15(16)17(21)20-8-10-22-11-9-20;1-14-6-4-9(5-7-14)12-8-10(15(18)19)2-3-11(12)13(16)17;1-11(2,3)16-10(15)13-5-4-12(8-13)6-9(14)7-12;1-3-6-4-2-5-1/h5-6,17,21,23,30H,7-16,18-20H2,1-4H3;2-4,12H,5-11H2,1H3;2-3,12-13H,4-11,18H2,1H3;2-4,8H,5-7H2,1H3,(H,16,17);4-8H2,1-3H3;5H,1-4H2. The van der Waals surface area contributed by atoms with Gasteiger partial charge in [-0.25, -0.2) is 14.4 Å². The highest BCUT2D eigenvalue weighted by molar-refractivity contribution is 6.00. The number of morpholine rings is 4. The number of hydrogen-bond acceptors (Lipinski definition) is 24. The molecule has 2 saturated carbocycles. The van der Waals surface area contributed by atoms with Crippen LogP contribution in [0.3, 0.4) is 0 Å². The van der Waals surface area contributed by atoms with Crippen molar-refractivity contribution in [3.63, 3.8) is 0 Å². The summed E-state index contributed by atoms with van der Waals surface area (Å²) in [5, 5.41) is 38.0. The lowest BCUT2D eigenvalue weighted by molar-refractivity contribution is -0.385. The van der Waals surface area contributed by atoms with Crippen molar-refractivity contribution in [2.75, 3.05) is 223 Å². The number of nitrogen functional groups attached to an aromatic ring is 1. The molecule has 0 aromatic heterocycles. The van der Waals surface area contributed by atoms with E-state index in [0.717, 1.165) is 195 Å². The number of rotatable bonds is 12. The molecule has 124 heavy (non-hydrogen) atoms. The number of hydrogen-bond donors (Lipinski definition) is 4. The Labute approximate surface area is 729 Å². The molecule has 10 aliphatic heterocycles. The van der Waals surface area contributed by atoms with Gasteiger partial charge in [-0.2, -0.15) is 0 Å². The number of likely N-dealkylation sites (N-methyl/N-ethyl adjacent to an activating group) is 2. The molecule has 10 heterocycles. The van der Waals surface area contributed by atoms with Gasteiger partial charge >= 0.3 is 18.2 Å². The van der Waals surface area contributed by atoms with E-state index in [1.165, 1.54) is 35.9 Å². The largest absolute Gasteiger partial charge is 0.478 e. The van der Waals surface area contributed by atoms with Crippen molar-refractivity contribution in [3.8, 4) is 0 Å². The summed E-state index contributed by atoms with van der Waals surface area (Å²) in [7, 11) is 8.32. The molecule has 0 radical (unpaired) electrons. The van der Waals surface area contributed by atoms with Crippen molar-refractivity contribution < 1.29 is 76.9 Å². The third kappa shape index (κ3) is 26.8. The molecule has 0 unspecified atom stereocenters. The van der Waals surface area contributed by atoms with Gasteiger partial charge in [0.1, 0.15) is 17.0 Å². The Morgan fingerprint density at radius 1 is 0.492 bits per heavy atom. The number of piperidine rings is 2. The minimum atomic E-state index is -1.07. The van der Waals surface area contributed by atoms with Crippen LogP contribution < -0.4 is 16.4 Å². The lowest BCUT2D eigenvalue weighted by atomic mass is 9.65. The molecule has 5 amide bonds. The maximum absolute atomic E-state index is 13.5. The number of nitro benzene ring substituents is 2. The van der Waals surface area contributed by atoms with Crippen molar-refractivity contribution >= 4 is 75.6 Å². The third-order valence-electron chi connectivity index (χ3n) is 25.1. The Morgan fingerprint density at radius 3 is 1.28 bits per heavy atom. The number of carbonyl (C=O) groups excluding carboxylic acids is 6. The van der Waals surface area contributed by atoms with Gasteiger partial charge in [0, 0.05) is 181 Å². The van der Waals surface area contributed by atoms with Crippen molar-refractivity contribution in [1.82, 2.24) is 49.4 Å².